The molecule has 0 aromatic heterocycles. The molecule has 0 saturated heterocycles. The number of benzene rings is 1. The smallest absolute Gasteiger partial charge is 0.261 e. The van der Waals surface area contributed by atoms with Crippen molar-refractivity contribution in [1.82, 2.24) is 0 Å². The van der Waals surface area contributed by atoms with Crippen molar-refractivity contribution in [2.75, 3.05) is 13.3 Å². The Labute approximate surface area is 124 Å². The molecular formula is C14H20ClFO3S. The van der Waals surface area contributed by atoms with Crippen molar-refractivity contribution in [2.45, 2.75) is 44.4 Å². The summed E-state index contributed by atoms with van der Waals surface area (Å²) in [6.45, 7) is 7.31. The normalized spacial score (nSPS) is 12.5. The lowest BCUT2D eigenvalue weighted by molar-refractivity contribution is 0.283. The lowest BCUT2D eigenvalue weighted by Crippen LogP contribution is -2.15. The lowest BCUT2D eigenvalue weighted by atomic mass is 9.86. The van der Waals surface area contributed by atoms with E-state index in [1.54, 1.807) is 19.1 Å². The van der Waals surface area contributed by atoms with E-state index in [0.29, 0.717) is 17.7 Å². The highest BCUT2D eigenvalue weighted by Gasteiger charge is 2.24. The Bertz CT molecular complexity index is 577. The van der Waals surface area contributed by atoms with Crippen LogP contribution in [0.4, 0.5) is 4.39 Å². The molecule has 114 valence electrons. The van der Waals surface area contributed by atoms with Crippen LogP contribution in [0, 0.1) is 6.92 Å². The van der Waals surface area contributed by atoms with E-state index in [9.17, 15) is 12.8 Å². The fourth-order valence-electron chi connectivity index (χ4n) is 1.87. The Hall–Kier alpha value is -0.810. The fraction of sp³-hybridized carbons (Fsp3) is 0.571. The molecule has 0 radical (unpaired) electrons. The van der Waals surface area contributed by atoms with Crippen LogP contribution in [0.15, 0.2) is 17.0 Å². The van der Waals surface area contributed by atoms with E-state index in [4.69, 9.17) is 15.4 Å². The number of rotatable bonds is 5. The van der Waals surface area contributed by atoms with Gasteiger partial charge in [0.25, 0.3) is 9.05 Å². The standard InChI is InChI=1S/C14H20ClFO3S/c1-10-8-12(19-7-5-6-16)11(14(2,3)4)9-13(10)20(15,17)18/h8-9H,5-7H2,1-4H3. The number of alkyl halides is 1. The molecule has 0 bridgehead atoms. The van der Waals surface area contributed by atoms with Gasteiger partial charge in [-0.25, -0.2) is 8.42 Å². The largest absolute Gasteiger partial charge is 0.493 e. The molecule has 1 aromatic rings. The minimum absolute atomic E-state index is 0.0851. The van der Waals surface area contributed by atoms with Gasteiger partial charge in [-0.15, -0.1) is 0 Å². The molecule has 0 fully saturated rings. The molecule has 0 amide bonds. The minimum atomic E-state index is -3.80. The average molecular weight is 323 g/mol. The Morgan fingerprint density at radius 3 is 2.35 bits per heavy atom. The van der Waals surface area contributed by atoms with E-state index < -0.39 is 15.7 Å². The molecule has 3 nitrogen and oxygen atoms in total. The van der Waals surface area contributed by atoms with Gasteiger partial charge in [0.2, 0.25) is 0 Å². The van der Waals surface area contributed by atoms with Crippen molar-refractivity contribution < 1.29 is 17.5 Å². The lowest BCUT2D eigenvalue weighted by Gasteiger charge is -2.24. The Balaban J connectivity index is 3.34. The summed E-state index contributed by atoms with van der Waals surface area (Å²) in [4.78, 5) is 0.0851. The summed E-state index contributed by atoms with van der Waals surface area (Å²) in [6.07, 6.45) is 0.304. The van der Waals surface area contributed by atoms with Gasteiger partial charge >= 0.3 is 0 Å². The first-order chi connectivity index (χ1) is 9.07. The topological polar surface area (TPSA) is 43.4 Å². The number of ether oxygens (including phenoxy) is 1. The zero-order valence-corrected chi connectivity index (χ0v) is 13.7. The van der Waals surface area contributed by atoms with Gasteiger partial charge in [0.15, 0.2) is 0 Å². The highest BCUT2D eigenvalue weighted by atomic mass is 35.7. The molecule has 0 aliphatic carbocycles. The van der Waals surface area contributed by atoms with Gasteiger partial charge in [0.05, 0.1) is 18.2 Å². The van der Waals surface area contributed by atoms with Crippen molar-refractivity contribution in [3.8, 4) is 5.75 Å². The van der Waals surface area contributed by atoms with Crippen molar-refractivity contribution in [1.29, 1.82) is 0 Å². The zero-order chi connectivity index (χ0) is 15.6. The van der Waals surface area contributed by atoms with Gasteiger partial charge in [-0.3, -0.25) is 4.39 Å². The quantitative estimate of drug-likeness (QED) is 0.609. The van der Waals surface area contributed by atoms with Crippen LogP contribution in [-0.4, -0.2) is 21.7 Å². The first-order valence-electron chi connectivity index (χ1n) is 6.36. The molecule has 0 aliphatic heterocycles. The van der Waals surface area contributed by atoms with Gasteiger partial charge in [-0.1, -0.05) is 20.8 Å². The van der Waals surface area contributed by atoms with E-state index in [0.717, 1.165) is 5.56 Å². The first kappa shape index (κ1) is 17.2. The van der Waals surface area contributed by atoms with Gasteiger partial charge in [-0.2, -0.15) is 0 Å². The van der Waals surface area contributed by atoms with E-state index in [2.05, 4.69) is 0 Å². The van der Waals surface area contributed by atoms with Crippen LogP contribution in [0.1, 0.15) is 38.3 Å². The molecule has 0 atom stereocenters. The van der Waals surface area contributed by atoms with Gasteiger partial charge in [-0.05, 0) is 30.0 Å². The number of aryl methyl sites for hydroxylation is 1. The SMILES string of the molecule is Cc1cc(OCCCF)c(C(C)(C)C)cc1S(=O)(=O)Cl. The molecule has 0 unspecified atom stereocenters. The minimum Gasteiger partial charge on any atom is -0.493 e. The highest BCUT2D eigenvalue weighted by Crippen LogP contribution is 2.36. The maximum Gasteiger partial charge on any atom is 0.261 e. The van der Waals surface area contributed by atoms with E-state index in [1.807, 2.05) is 20.8 Å². The molecule has 0 N–H and O–H groups in total. The third kappa shape index (κ3) is 4.35. The second-order valence-corrected chi connectivity index (χ2v) is 8.23. The van der Waals surface area contributed by atoms with Crippen LogP contribution in [-0.2, 0) is 14.5 Å². The summed E-state index contributed by atoms with van der Waals surface area (Å²) in [5.41, 5.74) is 0.944. The van der Waals surface area contributed by atoms with Crippen LogP contribution in [0.2, 0.25) is 0 Å². The summed E-state index contributed by atoms with van der Waals surface area (Å²) in [6, 6.07) is 3.19. The summed E-state index contributed by atoms with van der Waals surface area (Å²) < 4.78 is 40.9. The van der Waals surface area contributed by atoms with E-state index >= 15 is 0 Å². The third-order valence-corrected chi connectivity index (χ3v) is 4.35. The van der Waals surface area contributed by atoms with Crippen LogP contribution >= 0.6 is 10.7 Å². The van der Waals surface area contributed by atoms with Crippen LogP contribution in [0.3, 0.4) is 0 Å². The second kappa shape index (κ2) is 6.31. The average Bonchev–Trinajstić information content (AvgIpc) is 2.25. The maximum absolute atomic E-state index is 12.2. The number of hydrogen-bond acceptors (Lipinski definition) is 3. The zero-order valence-electron chi connectivity index (χ0n) is 12.2. The third-order valence-electron chi connectivity index (χ3n) is 2.88. The van der Waals surface area contributed by atoms with Gasteiger partial charge < -0.3 is 4.74 Å². The molecule has 1 rings (SSSR count). The van der Waals surface area contributed by atoms with Gasteiger partial charge in [0.1, 0.15) is 5.75 Å². The Morgan fingerprint density at radius 1 is 1.30 bits per heavy atom. The maximum atomic E-state index is 12.2. The highest BCUT2D eigenvalue weighted by molar-refractivity contribution is 8.13. The molecular weight excluding hydrogens is 303 g/mol. The number of halogens is 2. The van der Waals surface area contributed by atoms with Crippen molar-refractivity contribution in [3.05, 3.63) is 23.3 Å². The summed E-state index contributed by atoms with van der Waals surface area (Å²) >= 11 is 0. The van der Waals surface area contributed by atoms with Crippen molar-refractivity contribution in [2.24, 2.45) is 0 Å². The van der Waals surface area contributed by atoms with Crippen molar-refractivity contribution >= 4 is 19.7 Å². The molecule has 20 heavy (non-hydrogen) atoms. The predicted molar refractivity (Wildman–Crippen MR) is 79.0 cm³/mol. The molecule has 0 spiro atoms. The monoisotopic (exact) mass is 322 g/mol. The fourth-order valence-corrected chi connectivity index (χ4v) is 3.07. The molecule has 0 aliphatic rings. The first-order valence-corrected chi connectivity index (χ1v) is 8.67. The molecule has 6 heteroatoms. The second-order valence-electron chi connectivity index (χ2n) is 5.69. The summed E-state index contributed by atoms with van der Waals surface area (Å²) in [5.74, 6) is 0.576. The van der Waals surface area contributed by atoms with Crippen LogP contribution in [0.25, 0.3) is 0 Å². The molecule has 0 heterocycles. The van der Waals surface area contributed by atoms with Crippen molar-refractivity contribution in [3.63, 3.8) is 0 Å². The Morgan fingerprint density at radius 2 is 1.90 bits per heavy atom. The van der Waals surface area contributed by atoms with Crippen LogP contribution < -0.4 is 4.74 Å². The predicted octanol–water partition coefficient (Wildman–Crippen LogP) is 3.96. The van der Waals surface area contributed by atoms with E-state index in [1.165, 1.54) is 0 Å². The van der Waals surface area contributed by atoms with Crippen LogP contribution in [0.5, 0.6) is 5.75 Å². The van der Waals surface area contributed by atoms with E-state index in [-0.39, 0.29) is 16.9 Å². The van der Waals surface area contributed by atoms with Gasteiger partial charge in [0, 0.05) is 22.7 Å². The molecule has 1 aromatic carbocycles. The summed E-state index contributed by atoms with van der Waals surface area (Å²) in [7, 11) is 1.65. The number of hydrogen-bond donors (Lipinski definition) is 0. The summed E-state index contributed by atoms with van der Waals surface area (Å²) in [5, 5.41) is 0. The molecule has 0 saturated carbocycles. The Kier molecular flexibility index (Phi) is 5.44.